The molecule has 6 heteroatoms. The first-order chi connectivity index (χ1) is 12.0. The van der Waals surface area contributed by atoms with E-state index in [1.165, 1.54) is 6.92 Å². The maximum atomic E-state index is 12.5. The van der Waals surface area contributed by atoms with Crippen LogP contribution in [0.4, 0.5) is 0 Å². The lowest BCUT2D eigenvalue weighted by Gasteiger charge is -2.12. The Labute approximate surface area is 152 Å². The van der Waals surface area contributed by atoms with Gasteiger partial charge in [-0.2, -0.15) is 0 Å². The molecule has 1 atom stereocenters. The van der Waals surface area contributed by atoms with E-state index in [9.17, 15) is 9.59 Å². The van der Waals surface area contributed by atoms with Crippen molar-refractivity contribution in [2.45, 2.75) is 13.0 Å². The predicted molar refractivity (Wildman–Crippen MR) is 99.0 cm³/mol. The molecule has 0 aliphatic rings. The number of nitrogens with zero attached hydrogens (tertiary/aromatic N) is 1. The van der Waals surface area contributed by atoms with Crippen LogP contribution in [0.1, 0.15) is 17.3 Å². The highest BCUT2D eigenvalue weighted by molar-refractivity contribution is 9.10. The number of carbonyl (C=O) groups excluding carboxylic acids is 2. The monoisotopic (exact) mass is 398 g/mol. The van der Waals surface area contributed by atoms with Crippen LogP contribution < -0.4 is 5.73 Å². The number of ether oxygens (including phenoxy) is 1. The van der Waals surface area contributed by atoms with Gasteiger partial charge in [-0.25, -0.2) is 9.78 Å². The smallest absolute Gasteiger partial charge is 0.339 e. The van der Waals surface area contributed by atoms with Crippen LogP contribution in [0.25, 0.3) is 22.2 Å². The van der Waals surface area contributed by atoms with Gasteiger partial charge >= 0.3 is 5.97 Å². The van der Waals surface area contributed by atoms with Crippen LogP contribution >= 0.6 is 15.9 Å². The van der Waals surface area contributed by atoms with Crippen molar-refractivity contribution < 1.29 is 14.3 Å². The molecule has 0 aliphatic heterocycles. The Kier molecular flexibility index (Phi) is 4.81. The SMILES string of the molecule is C[C@H](OC(=O)c1cc(-c2ccc(Br)cc2)nc2ccccc12)C(N)=O. The average Bonchev–Trinajstić information content (AvgIpc) is 2.61. The zero-order valence-electron chi connectivity index (χ0n) is 13.4. The Balaban J connectivity index is 2.11. The zero-order valence-corrected chi connectivity index (χ0v) is 15.0. The van der Waals surface area contributed by atoms with Crippen LogP contribution in [0.2, 0.25) is 0 Å². The Morgan fingerprint density at radius 1 is 1.12 bits per heavy atom. The first-order valence-electron chi connectivity index (χ1n) is 7.62. The molecule has 0 aliphatic carbocycles. The number of para-hydroxylation sites is 1. The Bertz CT molecular complexity index is 955. The number of pyridine rings is 1. The van der Waals surface area contributed by atoms with E-state index >= 15 is 0 Å². The molecule has 0 fully saturated rings. The van der Waals surface area contributed by atoms with Gasteiger partial charge in [0.25, 0.3) is 5.91 Å². The van der Waals surface area contributed by atoms with Crippen LogP contribution in [-0.4, -0.2) is 23.0 Å². The van der Waals surface area contributed by atoms with Crippen LogP contribution in [0.3, 0.4) is 0 Å². The molecule has 0 unspecified atom stereocenters. The fraction of sp³-hybridized carbons (Fsp3) is 0.105. The number of amides is 1. The predicted octanol–water partition coefficient (Wildman–Crippen LogP) is 3.69. The first kappa shape index (κ1) is 17.1. The number of esters is 1. The number of halogens is 1. The second-order valence-electron chi connectivity index (χ2n) is 5.53. The number of benzene rings is 2. The van der Waals surface area contributed by atoms with Gasteiger partial charge in [-0.1, -0.05) is 46.3 Å². The molecule has 3 aromatic rings. The maximum Gasteiger partial charge on any atom is 0.339 e. The summed E-state index contributed by atoms with van der Waals surface area (Å²) >= 11 is 3.40. The van der Waals surface area contributed by atoms with Crippen molar-refractivity contribution in [1.29, 1.82) is 0 Å². The normalized spacial score (nSPS) is 11.9. The Morgan fingerprint density at radius 3 is 2.48 bits per heavy atom. The molecule has 126 valence electrons. The number of primary amides is 1. The summed E-state index contributed by atoms with van der Waals surface area (Å²) in [6.45, 7) is 1.44. The first-order valence-corrected chi connectivity index (χ1v) is 8.41. The quantitative estimate of drug-likeness (QED) is 0.679. The number of fused-ring (bicyclic) bond motifs is 1. The number of hydrogen-bond donors (Lipinski definition) is 1. The molecule has 2 N–H and O–H groups in total. The largest absolute Gasteiger partial charge is 0.449 e. The maximum absolute atomic E-state index is 12.5. The molecule has 0 bridgehead atoms. The van der Waals surface area contributed by atoms with Gasteiger partial charge in [-0.15, -0.1) is 0 Å². The highest BCUT2D eigenvalue weighted by Gasteiger charge is 2.19. The van der Waals surface area contributed by atoms with E-state index in [4.69, 9.17) is 10.5 Å². The Hall–Kier alpha value is -2.73. The van der Waals surface area contributed by atoms with Crippen molar-refractivity contribution in [3.05, 3.63) is 64.6 Å². The standard InChI is InChI=1S/C19H15BrN2O3/c1-11(18(21)23)25-19(24)15-10-17(12-6-8-13(20)9-7-12)22-16-5-3-2-4-14(15)16/h2-11H,1H3,(H2,21,23)/t11-/m0/s1. The van der Waals surface area contributed by atoms with Gasteiger partial charge in [-0.3, -0.25) is 4.79 Å². The van der Waals surface area contributed by atoms with Crippen molar-refractivity contribution in [1.82, 2.24) is 4.98 Å². The number of aromatic nitrogens is 1. The Morgan fingerprint density at radius 2 is 1.80 bits per heavy atom. The summed E-state index contributed by atoms with van der Waals surface area (Å²) in [5.41, 5.74) is 7.70. The molecular weight excluding hydrogens is 384 g/mol. The second-order valence-corrected chi connectivity index (χ2v) is 6.44. The van der Waals surface area contributed by atoms with E-state index in [-0.39, 0.29) is 0 Å². The average molecular weight is 399 g/mol. The molecule has 0 saturated carbocycles. The summed E-state index contributed by atoms with van der Waals surface area (Å²) in [6.07, 6.45) is -1.00. The minimum Gasteiger partial charge on any atom is -0.449 e. The van der Waals surface area contributed by atoms with Gasteiger partial charge in [0, 0.05) is 15.4 Å². The van der Waals surface area contributed by atoms with E-state index < -0.39 is 18.0 Å². The molecule has 0 radical (unpaired) electrons. The second kappa shape index (κ2) is 7.03. The summed E-state index contributed by atoms with van der Waals surface area (Å²) < 4.78 is 6.12. The summed E-state index contributed by atoms with van der Waals surface area (Å²) in [6, 6.07) is 16.6. The summed E-state index contributed by atoms with van der Waals surface area (Å²) in [5, 5.41) is 0.657. The molecule has 25 heavy (non-hydrogen) atoms. The minimum absolute atomic E-state index is 0.344. The number of hydrogen-bond acceptors (Lipinski definition) is 4. The molecule has 1 aromatic heterocycles. The van der Waals surface area contributed by atoms with Gasteiger partial charge < -0.3 is 10.5 Å². The molecule has 1 amide bonds. The van der Waals surface area contributed by atoms with Crippen LogP contribution in [-0.2, 0) is 9.53 Å². The third kappa shape index (κ3) is 3.69. The molecule has 2 aromatic carbocycles. The van der Waals surface area contributed by atoms with Crippen molar-refractivity contribution in [3.63, 3.8) is 0 Å². The van der Waals surface area contributed by atoms with Gasteiger partial charge in [0.2, 0.25) is 0 Å². The lowest BCUT2D eigenvalue weighted by molar-refractivity contribution is -0.125. The summed E-state index contributed by atoms with van der Waals surface area (Å²) in [7, 11) is 0. The molecule has 0 spiro atoms. The third-order valence-electron chi connectivity index (χ3n) is 3.76. The fourth-order valence-corrected chi connectivity index (χ4v) is 2.66. The highest BCUT2D eigenvalue weighted by Crippen LogP contribution is 2.26. The van der Waals surface area contributed by atoms with Gasteiger partial charge in [0.1, 0.15) is 0 Å². The van der Waals surface area contributed by atoms with Crippen molar-refractivity contribution >= 4 is 38.7 Å². The van der Waals surface area contributed by atoms with Gasteiger partial charge in [0.05, 0.1) is 16.8 Å². The lowest BCUT2D eigenvalue weighted by Crippen LogP contribution is -2.30. The third-order valence-corrected chi connectivity index (χ3v) is 4.29. The molecular formula is C19H15BrN2O3. The zero-order chi connectivity index (χ0) is 18.0. The van der Waals surface area contributed by atoms with Crippen molar-refractivity contribution in [2.75, 3.05) is 0 Å². The summed E-state index contributed by atoms with van der Waals surface area (Å²) in [5.74, 6) is -1.30. The van der Waals surface area contributed by atoms with E-state index in [1.54, 1.807) is 12.1 Å². The topological polar surface area (TPSA) is 82.3 Å². The van der Waals surface area contributed by atoms with Crippen LogP contribution in [0.15, 0.2) is 59.1 Å². The number of carbonyl (C=O) groups is 2. The number of nitrogens with two attached hydrogens (primary N) is 1. The molecule has 3 rings (SSSR count). The minimum atomic E-state index is -1.00. The van der Waals surface area contributed by atoms with Crippen LogP contribution in [0.5, 0.6) is 0 Å². The van der Waals surface area contributed by atoms with Gasteiger partial charge in [0.15, 0.2) is 6.10 Å². The van der Waals surface area contributed by atoms with E-state index in [1.807, 2.05) is 42.5 Å². The molecule has 1 heterocycles. The fourth-order valence-electron chi connectivity index (χ4n) is 2.39. The molecule has 5 nitrogen and oxygen atoms in total. The number of rotatable bonds is 4. The van der Waals surface area contributed by atoms with Crippen LogP contribution in [0, 0.1) is 0 Å². The van der Waals surface area contributed by atoms with E-state index in [0.29, 0.717) is 22.2 Å². The van der Waals surface area contributed by atoms with Crippen molar-refractivity contribution in [2.24, 2.45) is 5.73 Å². The van der Waals surface area contributed by atoms with Crippen molar-refractivity contribution in [3.8, 4) is 11.3 Å². The summed E-state index contributed by atoms with van der Waals surface area (Å²) in [4.78, 5) is 28.3. The van der Waals surface area contributed by atoms with Gasteiger partial charge in [-0.05, 0) is 31.2 Å². The van der Waals surface area contributed by atoms with E-state index in [0.717, 1.165) is 10.0 Å². The molecule has 0 saturated heterocycles. The highest BCUT2D eigenvalue weighted by atomic mass is 79.9. The lowest BCUT2D eigenvalue weighted by atomic mass is 10.0. The van der Waals surface area contributed by atoms with E-state index in [2.05, 4.69) is 20.9 Å².